The van der Waals surface area contributed by atoms with Gasteiger partial charge in [-0.3, -0.25) is 4.79 Å². The summed E-state index contributed by atoms with van der Waals surface area (Å²) in [5, 5.41) is 0. The number of hydrogen-bond donors (Lipinski definition) is 1. The summed E-state index contributed by atoms with van der Waals surface area (Å²) in [5.74, 6) is 0.992. The molecular weight excluding hydrogens is 252 g/mol. The second-order valence-electron chi connectivity index (χ2n) is 5.44. The van der Waals surface area contributed by atoms with Gasteiger partial charge in [0.15, 0.2) is 0 Å². The van der Waals surface area contributed by atoms with E-state index >= 15 is 0 Å². The van der Waals surface area contributed by atoms with Crippen LogP contribution in [0.4, 0.5) is 0 Å². The van der Waals surface area contributed by atoms with Crippen molar-refractivity contribution in [1.29, 1.82) is 0 Å². The largest absolute Gasteiger partial charge is 0.494 e. The lowest BCUT2D eigenvalue weighted by atomic mass is 10.0. The minimum absolute atomic E-state index is 0.0146. The van der Waals surface area contributed by atoms with Crippen molar-refractivity contribution in [1.82, 2.24) is 4.90 Å². The summed E-state index contributed by atoms with van der Waals surface area (Å²) in [7, 11) is 1.84. The van der Waals surface area contributed by atoms with Crippen molar-refractivity contribution in [3.63, 3.8) is 0 Å². The smallest absolute Gasteiger partial charge is 0.227 e. The molecule has 1 aliphatic rings. The number of amides is 1. The third-order valence-corrected chi connectivity index (χ3v) is 3.94. The molecule has 4 heteroatoms. The van der Waals surface area contributed by atoms with Crippen LogP contribution >= 0.6 is 0 Å². The second kappa shape index (κ2) is 6.75. The molecular formula is C16H24N2O2. The number of ether oxygens (including phenoxy) is 1. The topological polar surface area (TPSA) is 55.6 Å². The predicted octanol–water partition coefficient (Wildman–Crippen LogP) is 2.17. The maximum atomic E-state index is 12.4. The predicted molar refractivity (Wildman–Crippen MR) is 79.4 cm³/mol. The normalized spacial score (nSPS) is 21.8. The number of carbonyl (C=O) groups excluding carboxylic acids is 1. The molecule has 0 unspecified atom stereocenters. The van der Waals surface area contributed by atoms with Crippen molar-refractivity contribution < 1.29 is 9.53 Å². The Labute approximate surface area is 120 Å². The van der Waals surface area contributed by atoms with Crippen LogP contribution in [0.15, 0.2) is 24.3 Å². The highest BCUT2D eigenvalue weighted by molar-refractivity contribution is 5.79. The minimum Gasteiger partial charge on any atom is -0.494 e. The molecule has 1 amide bonds. The number of para-hydroxylation sites is 1. The number of benzene rings is 1. The second-order valence-corrected chi connectivity index (χ2v) is 5.44. The maximum Gasteiger partial charge on any atom is 0.227 e. The zero-order valence-electron chi connectivity index (χ0n) is 12.3. The number of rotatable bonds is 5. The van der Waals surface area contributed by atoms with Crippen LogP contribution in [0.1, 0.15) is 31.7 Å². The summed E-state index contributed by atoms with van der Waals surface area (Å²) < 4.78 is 5.60. The lowest BCUT2D eigenvalue weighted by Gasteiger charge is -2.24. The highest BCUT2D eigenvalue weighted by Crippen LogP contribution is 2.27. The quantitative estimate of drug-likeness (QED) is 0.896. The summed E-state index contributed by atoms with van der Waals surface area (Å²) in [6.07, 6.45) is 2.93. The summed E-state index contributed by atoms with van der Waals surface area (Å²) in [4.78, 5) is 14.2. The zero-order chi connectivity index (χ0) is 14.5. The molecule has 1 fully saturated rings. The number of hydrogen-bond acceptors (Lipinski definition) is 3. The molecule has 1 saturated carbocycles. The molecule has 0 aliphatic heterocycles. The Kier molecular flexibility index (Phi) is 5.01. The highest BCUT2D eigenvalue weighted by Gasteiger charge is 2.32. The average Bonchev–Trinajstić information content (AvgIpc) is 2.86. The van der Waals surface area contributed by atoms with Gasteiger partial charge < -0.3 is 15.4 Å². The van der Waals surface area contributed by atoms with Gasteiger partial charge >= 0.3 is 0 Å². The van der Waals surface area contributed by atoms with Gasteiger partial charge in [-0.05, 0) is 25.8 Å². The van der Waals surface area contributed by atoms with Gasteiger partial charge in [0, 0.05) is 25.2 Å². The van der Waals surface area contributed by atoms with Crippen LogP contribution in [-0.2, 0) is 11.3 Å². The first-order valence-electron chi connectivity index (χ1n) is 7.34. The molecule has 110 valence electrons. The first-order chi connectivity index (χ1) is 9.63. The Balaban J connectivity index is 2.03. The van der Waals surface area contributed by atoms with E-state index in [4.69, 9.17) is 10.5 Å². The molecule has 20 heavy (non-hydrogen) atoms. The van der Waals surface area contributed by atoms with E-state index in [1.807, 2.05) is 38.2 Å². The Morgan fingerprint density at radius 1 is 1.40 bits per heavy atom. The van der Waals surface area contributed by atoms with Crippen LogP contribution in [0.3, 0.4) is 0 Å². The minimum atomic E-state index is -0.0146. The van der Waals surface area contributed by atoms with Crippen LogP contribution in [0.5, 0.6) is 5.75 Å². The van der Waals surface area contributed by atoms with Gasteiger partial charge in [0.25, 0.3) is 0 Å². The lowest BCUT2D eigenvalue weighted by molar-refractivity contribution is -0.134. The van der Waals surface area contributed by atoms with Crippen molar-refractivity contribution in [2.75, 3.05) is 13.7 Å². The van der Waals surface area contributed by atoms with E-state index < -0.39 is 0 Å². The van der Waals surface area contributed by atoms with E-state index in [0.717, 1.165) is 30.6 Å². The van der Waals surface area contributed by atoms with Crippen molar-refractivity contribution in [3.8, 4) is 5.75 Å². The van der Waals surface area contributed by atoms with Gasteiger partial charge in [0.1, 0.15) is 5.75 Å². The Hall–Kier alpha value is -1.55. The molecule has 2 atom stereocenters. The van der Waals surface area contributed by atoms with Crippen LogP contribution in [0.25, 0.3) is 0 Å². The molecule has 2 rings (SSSR count). The standard InChI is InChI=1S/C16H24N2O2/c1-3-20-15-10-5-4-7-12(15)11-18(2)16(19)13-8-6-9-14(13)17/h4-5,7,10,13-14H,3,6,8-9,11,17H2,1-2H3/t13-,14-/m0/s1. The van der Waals surface area contributed by atoms with E-state index in [-0.39, 0.29) is 17.9 Å². The Morgan fingerprint density at radius 3 is 2.80 bits per heavy atom. The molecule has 1 aromatic rings. The first kappa shape index (κ1) is 14.9. The van der Waals surface area contributed by atoms with Crippen molar-refractivity contribution >= 4 is 5.91 Å². The monoisotopic (exact) mass is 276 g/mol. The maximum absolute atomic E-state index is 12.4. The van der Waals surface area contributed by atoms with E-state index in [0.29, 0.717) is 13.2 Å². The molecule has 2 N–H and O–H groups in total. The SMILES string of the molecule is CCOc1ccccc1CN(C)C(=O)[C@H]1CCC[C@@H]1N. The molecule has 0 aromatic heterocycles. The van der Waals surface area contributed by atoms with Crippen LogP contribution in [0.2, 0.25) is 0 Å². The molecule has 4 nitrogen and oxygen atoms in total. The van der Waals surface area contributed by atoms with Gasteiger partial charge in [-0.15, -0.1) is 0 Å². The van der Waals surface area contributed by atoms with E-state index in [1.54, 1.807) is 4.90 Å². The van der Waals surface area contributed by atoms with Crippen LogP contribution < -0.4 is 10.5 Å². The van der Waals surface area contributed by atoms with Gasteiger partial charge in [-0.1, -0.05) is 24.6 Å². The Bertz CT molecular complexity index is 462. The van der Waals surface area contributed by atoms with Gasteiger partial charge in [-0.25, -0.2) is 0 Å². The number of nitrogens with two attached hydrogens (primary N) is 1. The van der Waals surface area contributed by atoms with Crippen molar-refractivity contribution in [3.05, 3.63) is 29.8 Å². The molecule has 1 aliphatic carbocycles. The molecule has 0 radical (unpaired) electrons. The van der Waals surface area contributed by atoms with Gasteiger partial charge in [0.2, 0.25) is 5.91 Å². The summed E-state index contributed by atoms with van der Waals surface area (Å²) >= 11 is 0. The summed E-state index contributed by atoms with van der Waals surface area (Å²) in [5.41, 5.74) is 7.06. The fourth-order valence-corrected chi connectivity index (χ4v) is 2.84. The van der Waals surface area contributed by atoms with Crippen LogP contribution in [0, 0.1) is 5.92 Å². The van der Waals surface area contributed by atoms with Crippen molar-refractivity contribution in [2.45, 2.75) is 38.8 Å². The molecule has 0 bridgehead atoms. The summed E-state index contributed by atoms with van der Waals surface area (Å²) in [6, 6.07) is 7.88. The van der Waals surface area contributed by atoms with Gasteiger partial charge in [-0.2, -0.15) is 0 Å². The first-order valence-corrected chi connectivity index (χ1v) is 7.34. The van der Waals surface area contributed by atoms with Crippen LogP contribution in [-0.4, -0.2) is 30.5 Å². The Morgan fingerprint density at radius 2 is 2.15 bits per heavy atom. The third-order valence-electron chi connectivity index (χ3n) is 3.94. The lowest BCUT2D eigenvalue weighted by Crippen LogP contribution is -2.39. The highest BCUT2D eigenvalue weighted by atomic mass is 16.5. The number of carbonyl (C=O) groups is 1. The fourth-order valence-electron chi connectivity index (χ4n) is 2.84. The average molecular weight is 276 g/mol. The molecule has 0 heterocycles. The fraction of sp³-hybridized carbons (Fsp3) is 0.562. The van der Waals surface area contributed by atoms with E-state index in [2.05, 4.69) is 0 Å². The van der Waals surface area contributed by atoms with Crippen molar-refractivity contribution in [2.24, 2.45) is 11.7 Å². The summed E-state index contributed by atoms with van der Waals surface area (Å²) in [6.45, 7) is 3.16. The zero-order valence-corrected chi connectivity index (χ0v) is 12.3. The number of nitrogens with zero attached hydrogens (tertiary/aromatic N) is 1. The van der Waals surface area contributed by atoms with E-state index in [1.165, 1.54) is 0 Å². The van der Waals surface area contributed by atoms with E-state index in [9.17, 15) is 4.79 Å². The molecule has 0 saturated heterocycles. The molecule has 1 aromatic carbocycles. The third kappa shape index (κ3) is 3.31. The molecule has 0 spiro atoms. The van der Waals surface area contributed by atoms with Gasteiger partial charge in [0.05, 0.1) is 12.5 Å².